The topological polar surface area (TPSA) is 94.3 Å². The maximum absolute atomic E-state index is 12.8. The molecule has 158 valence electrons. The van der Waals surface area contributed by atoms with Crippen molar-refractivity contribution < 1.29 is 9.53 Å². The van der Waals surface area contributed by atoms with Gasteiger partial charge in [-0.05, 0) is 38.1 Å². The van der Waals surface area contributed by atoms with E-state index in [0.717, 1.165) is 16.3 Å². The van der Waals surface area contributed by atoms with E-state index < -0.39 is 0 Å². The Kier molecular flexibility index (Phi) is 5.08. The molecule has 9 heteroatoms. The molecule has 0 saturated carbocycles. The zero-order valence-corrected chi connectivity index (χ0v) is 18.1. The van der Waals surface area contributed by atoms with Crippen molar-refractivity contribution in [3.8, 4) is 22.1 Å². The van der Waals surface area contributed by atoms with Crippen LogP contribution in [-0.4, -0.2) is 30.7 Å². The van der Waals surface area contributed by atoms with E-state index in [0.29, 0.717) is 33.4 Å². The lowest BCUT2D eigenvalue weighted by molar-refractivity contribution is 0.103. The molecule has 0 aliphatic rings. The Hall–Kier alpha value is -4.11. The number of aryl methyl sites for hydroxylation is 2. The standard InChI is InChI=1S/C23H18N6O2S/c1-14-12-19(21-27-24-13-29(21)28-14)31-18-10-8-17(9-11-18)26-22(30)20-15(2)25-23(32-20)16-6-4-3-5-7-16/h3-13H,1-2H3,(H,26,30). The zero-order valence-electron chi connectivity index (χ0n) is 17.3. The molecule has 3 heterocycles. The van der Waals surface area contributed by atoms with Gasteiger partial charge in [0.05, 0.1) is 11.4 Å². The lowest BCUT2D eigenvalue weighted by atomic mass is 10.2. The Labute approximate surface area is 187 Å². The summed E-state index contributed by atoms with van der Waals surface area (Å²) in [6.07, 6.45) is 1.53. The number of hydrogen-bond donors (Lipinski definition) is 1. The van der Waals surface area contributed by atoms with E-state index in [1.807, 2.05) is 44.2 Å². The van der Waals surface area contributed by atoms with Gasteiger partial charge >= 0.3 is 0 Å². The van der Waals surface area contributed by atoms with Crippen LogP contribution in [0.2, 0.25) is 0 Å². The summed E-state index contributed by atoms with van der Waals surface area (Å²) in [5.41, 5.74) is 3.68. The van der Waals surface area contributed by atoms with Crippen LogP contribution in [0.25, 0.3) is 16.2 Å². The molecular formula is C23H18N6O2S. The van der Waals surface area contributed by atoms with E-state index in [4.69, 9.17) is 4.74 Å². The number of amides is 1. The number of carbonyl (C=O) groups excluding carboxylic acids is 1. The zero-order chi connectivity index (χ0) is 22.1. The molecule has 8 nitrogen and oxygen atoms in total. The fourth-order valence-corrected chi connectivity index (χ4v) is 4.19. The van der Waals surface area contributed by atoms with Crippen molar-refractivity contribution in [3.05, 3.63) is 83.3 Å². The van der Waals surface area contributed by atoms with Crippen LogP contribution in [0, 0.1) is 13.8 Å². The minimum Gasteiger partial charge on any atom is -0.453 e. The minimum atomic E-state index is -0.189. The smallest absolute Gasteiger partial charge is 0.267 e. The monoisotopic (exact) mass is 442 g/mol. The molecule has 5 aromatic rings. The summed E-state index contributed by atoms with van der Waals surface area (Å²) in [5.74, 6) is 0.977. The normalized spacial score (nSPS) is 10.9. The van der Waals surface area contributed by atoms with E-state index >= 15 is 0 Å². The Morgan fingerprint density at radius 1 is 1.06 bits per heavy atom. The summed E-state index contributed by atoms with van der Waals surface area (Å²) < 4.78 is 7.53. The first-order chi connectivity index (χ1) is 15.6. The molecule has 1 amide bonds. The molecular weight excluding hydrogens is 424 g/mol. The molecule has 2 aromatic carbocycles. The largest absolute Gasteiger partial charge is 0.453 e. The van der Waals surface area contributed by atoms with Crippen molar-refractivity contribution in [2.24, 2.45) is 0 Å². The van der Waals surface area contributed by atoms with Gasteiger partial charge < -0.3 is 10.1 Å². The second-order valence-corrected chi connectivity index (χ2v) is 8.13. The second-order valence-electron chi connectivity index (χ2n) is 7.13. The highest BCUT2D eigenvalue weighted by Crippen LogP contribution is 2.29. The molecule has 0 bridgehead atoms. The molecule has 0 aliphatic carbocycles. The number of nitrogens with one attached hydrogen (secondary N) is 1. The Bertz CT molecular complexity index is 1410. The number of rotatable bonds is 5. The van der Waals surface area contributed by atoms with Crippen LogP contribution in [0.5, 0.6) is 11.5 Å². The summed E-state index contributed by atoms with van der Waals surface area (Å²) in [5, 5.41) is 16.0. The SMILES string of the molecule is Cc1cc(Oc2ccc(NC(=O)c3sc(-c4ccccc4)nc3C)cc2)c2nncn2n1. The summed E-state index contributed by atoms with van der Waals surface area (Å²) in [6.45, 7) is 3.71. The van der Waals surface area contributed by atoms with Crippen LogP contribution in [0.4, 0.5) is 5.69 Å². The third-order valence-corrected chi connectivity index (χ3v) is 5.93. The number of hydrogen-bond acceptors (Lipinski definition) is 7. The first kappa shape index (κ1) is 19.8. The number of anilines is 1. The molecule has 0 spiro atoms. The van der Waals surface area contributed by atoms with Crippen molar-refractivity contribution in [1.82, 2.24) is 24.8 Å². The lowest BCUT2D eigenvalue weighted by Crippen LogP contribution is -2.11. The van der Waals surface area contributed by atoms with E-state index in [9.17, 15) is 4.79 Å². The predicted octanol–water partition coefficient (Wildman–Crippen LogP) is 4.91. The van der Waals surface area contributed by atoms with Gasteiger partial charge in [0.1, 0.15) is 22.0 Å². The third kappa shape index (κ3) is 3.93. The van der Waals surface area contributed by atoms with E-state index in [-0.39, 0.29) is 5.91 Å². The average Bonchev–Trinajstić information content (AvgIpc) is 3.42. The van der Waals surface area contributed by atoms with Gasteiger partial charge in [0.15, 0.2) is 5.75 Å². The molecule has 1 N–H and O–H groups in total. The maximum Gasteiger partial charge on any atom is 0.267 e. The highest BCUT2D eigenvalue weighted by atomic mass is 32.1. The number of ether oxygens (including phenoxy) is 1. The summed E-state index contributed by atoms with van der Waals surface area (Å²) in [4.78, 5) is 18.0. The Morgan fingerprint density at radius 3 is 2.62 bits per heavy atom. The average molecular weight is 443 g/mol. The molecule has 0 atom stereocenters. The fourth-order valence-electron chi connectivity index (χ4n) is 3.23. The maximum atomic E-state index is 12.8. The van der Waals surface area contributed by atoms with Crippen LogP contribution in [0.3, 0.4) is 0 Å². The van der Waals surface area contributed by atoms with Crippen molar-refractivity contribution >= 4 is 28.6 Å². The Balaban J connectivity index is 1.31. The molecule has 0 saturated heterocycles. The van der Waals surface area contributed by atoms with Crippen molar-refractivity contribution in [2.75, 3.05) is 5.32 Å². The summed E-state index contributed by atoms with van der Waals surface area (Å²) in [6, 6.07) is 18.8. The molecule has 0 aliphatic heterocycles. The first-order valence-corrected chi connectivity index (χ1v) is 10.7. The van der Waals surface area contributed by atoms with Gasteiger partial charge in [-0.25, -0.2) is 4.98 Å². The number of benzene rings is 2. The van der Waals surface area contributed by atoms with E-state index in [2.05, 4.69) is 25.6 Å². The number of thiazole rings is 1. The number of nitrogens with zero attached hydrogens (tertiary/aromatic N) is 5. The van der Waals surface area contributed by atoms with Crippen LogP contribution in [-0.2, 0) is 0 Å². The highest BCUT2D eigenvalue weighted by molar-refractivity contribution is 7.17. The second kappa shape index (κ2) is 8.20. The van der Waals surface area contributed by atoms with Crippen molar-refractivity contribution in [3.63, 3.8) is 0 Å². The Morgan fingerprint density at radius 2 is 1.84 bits per heavy atom. The van der Waals surface area contributed by atoms with Crippen LogP contribution in [0.15, 0.2) is 67.0 Å². The summed E-state index contributed by atoms with van der Waals surface area (Å²) >= 11 is 1.38. The molecule has 32 heavy (non-hydrogen) atoms. The van der Waals surface area contributed by atoms with Gasteiger partial charge in [0, 0.05) is 17.3 Å². The predicted molar refractivity (Wildman–Crippen MR) is 122 cm³/mol. The van der Waals surface area contributed by atoms with Crippen LogP contribution in [0.1, 0.15) is 21.1 Å². The lowest BCUT2D eigenvalue weighted by Gasteiger charge is -2.09. The molecule has 0 fully saturated rings. The van der Waals surface area contributed by atoms with Crippen molar-refractivity contribution in [1.29, 1.82) is 0 Å². The molecule has 0 radical (unpaired) electrons. The van der Waals surface area contributed by atoms with Crippen LogP contribution < -0.4 is 10.1 Å². The highest BCUT2D eigenvalue weighted by Gasteiger charge is 2.16. The molecule has 3 aromatic heterocycles. The van der Waals surface area contributed by atoms with Gasteiger partial charge in [0.25, 0.3) is 5.91 Å². The quantitative estimate of drug-likeness (QED) is 0.416. The van der Waals surface area contributed by atoms with Crippen LogP contribution >= 0.6 is 11.3 Å². The fraction of sp³-hybridized carbons (Fsp3) is 0.0870. The summed E-state index contributed by atoms with van der Waals surface area (Å²) in [7, 11) is 0. The van der Waals surface area contributed by atoms with E-state index in [1.54, 1.807) is 34.8 Å². The third-order valence-electron chi connectivity index (χ3n) is 4.72. The van der Waals surface area contributed by atoms with Gasteiger partial charge in [-0.15, -0.1) is 21.5 Å². The van der Waals surface area contributed by atoms with Gasteiger partial charge in [-0.3, -0.25) is 4.79 Å². The van der Waals surface area contributed by atoms with E-state index in [1.165, 1.54) is 17.7 Å². The molecule has 5 rings (SSSR count). The number of aromatic nitrogens is 5. The number of fused-ring (bicyclic) bond motifs is 1. The first-order valence-electron chi connectivity index (χ1n) is 9.86. The molecule has 0 unspecified atom stereocenters. The number of carbonyl (C=O) groups is 1. The van der Waals surface area contributed by atoms with Crippen molar-refractivity contribution in [2.45, 2.75) is 13.8 Å². The van der Waals surface area contributed by atoms with Gasteiger partial charge in [-0.2, -0.15) is 9.61 Å². The van der Waals surface area contributed by atoms with Gasteiger partial charge in [-0.1, -0.05) is 30.3 Å². The minimum absolute atomic E-state index is 0.189. The van der Waals surface area contributed by atoms with Gasteiger partial charge in [0.2, 0.25) is 5.65 Å².